The monoisotopic (exact) mass is 370 g/mol. The lowest BCUT2D eigenvalue weighted by Gasteiger charge is -2.31. The minimum Gasteiger partial charge on any atom is -0.374 e. The molecule has 1 aromatic rings. The average Bonchev–Trinajstić information content (AvgIpc) is 2.52. The SMILES string of the molecule is CC(=O)Nc1cccc(NC(=O)NC[C@@H]2CN(S(C)(=O)=O)CCO2)c1. The Morgan fingerprint density at radius 3 is 2.60 bits per heavy atom. The number of hydrogen-bond acceptors (Lipinski definition) is 5. The van der Waals surface area contributed by atoms with Crippen LogP contribution in [-0.2, 0) is 19.6 Å². The van der Waals surface area contributed by atoms with Crippen molar-refractivity contribution in [3.05, 3.63) is 24.3 Å². The third-order valence-corrected chi connectivity index (χ3v) is 4.77. The van der Waals surface area contributed by atoms with Crippen molar-refractivity contribution in [2.75, 3.05) is 43.1 Å². The van der Waals surface area contributed by atoms with E-state index in [0.29, 0.717) is 24.5 Å². The normalized spacial score (nSPS) is 18.4. The first-order chi connectivity index (χ1) is 11.7. The van der Waals surface area contributed by atoms with Gasteiger partial charge < -0.3 is 20.7 Å². The van der Waals surface area contributed by atoms with E-state index in [1.54, 1.807) is 24.3 Å². The highest BCUT2D eigenvalue weighted by molar-refractivity contribution is 7.88. The molecule has 0 saturated carbocycles. The molecule has 0 radical (unpaired) electrons. The van der Waals surface area contributed by atoms with Gasteiger partial charge in [0.25, 0.3) is 0 Å². The summed E-state index contributed by atoms with van der Waals surface area (Å²) in [5, 5.41) is 7.93. The molecule has 25 heavy (non-hydrogen) atoms. The molecular formula is C15H22N4O5S. The number of sulfonamides is 1. The summed E-state index contributed by atoms with van der Waals surface area (Å²) in [5.74, 6) is -0.202. The molecule has 3 amide bonds. The van der Waals surface area contributed by atoms with E-state index in [-0.39, 0.29) is 19.0 Å². The third kappa shape index (κ3) is 6.33. The van der Waals surface area contributed by atoms with Gasteiger partial charge in [0, 0.05) is 37.9 Å². The van der Waals surface area contributed by atoms with Crippen LogP contribution in [0.2, 0.25) is 0 Å². The van der Waals surface area contributed by atoms with Crippen molar-refractivity contribution in [1.82, 2.24) is 9.62 Å². The van der Waals surface area contributed by atoms with Crippen LogP contribution >= 0.6 is 0 Å². The van der Waals surface area contributed by atoms with Crippen LogP contribution < -0.4 is 16.0 Å². The first-order valence-corrected chi connectivity index (χ1v) is 9.58. The molecule has 1 atom stereocenters. The second kappa shape index (κ2) is 8.28. The summed E-state index contributed by atoms with van der Waals surface area (Å²) in [6.45, 7) is 2.40. The van der Waals surface area contributed by atoms with Crippen molar-refractivity contribution < 1.29 is 22.7 Å². The summed E-state index contributed by atoms with van der Waals surface area (Å²) in [6.07, 6.45) is 0.748. The summed E-state index contributed by atoms with van der Waals surface area (Å²) < 4.78 is 29.9. The predicted molar refractivity (Wildman–Crippen MR) is 93.9 cm³/mol. The summed E-state index contributed by atoms with van der Waals surface area (Å²) >= 11 is 0. The summed E-state index contributed by atoms with van der Waals surface area (Å²) in [5.41, 5.74) is 1.09. The first kappa shape index (κ1) is 19.2. The van der Waals surface area contributed by atoms with Crippen LogP contribution in [0, 0.1) is 0 Å². The maximum atomic E-state index is 12.0. The van der Waals surface area contributed by atoms with Crippen LogP contribution in [0.1, 0.15) is 6.92 Å². The van der Waals surface area contributed by atoms with E-state index in [4.69, 9.17) is 4.74 Å². The minimum atomic E-state index is -3.27. The smallest absolute Gasteiger partial charge is 0.319 e. The van der Waals surface area contributed by atoms with Crippen molar-refractivity contribution in [1.29, 1.82) is 0 Å². The van der Waals surface area contributed by atoms with Crippen LogP contribution in [0.25, 0.3) is 0 Å². The van der Waals surface area contributed by atoms with Crippen molar-refractivity contribution in [2.45, 2.75) is 13.0 Å². The Kier molecular flexibility index (Phi) is 6.34. The Hall–Kier alpha value is -2.17. The Balaban J connectivity index is 1.83. The Morgan fingerprint density at radius 1 is 1.28 bits per heavy atom. The standard InChI is InChI=1S/C15H22N4O5S/c1-11(20)17-12-4-3-5-13(8-12)18-15(21)16-9-14-10-19(6-7-24-14)25(2,22)23/h3-5,8,14H,6-7,9-10H2,1-2H3,(H,17,20)(H2,16,18,21)/t14-/m1/s1. The molecule has 0 aromatic heterocycles. The Bertz CT molecular complexity index is 737. The molecule has 138 valence electrons. The lowest BCUT2D eigenvalue weighted by molar-refractivity contribution is -0.114. The second-order valence-corrected chi connectivity index (χ2v) is 7.69. The van der Waals surface area contributed by atoms with Gasteiger partial charge in [0.2, 0.25) is 15.9 Å². The lowest BCUT2D eigenvalue weighted by Crippen LogP contribution is -2.49. The number of hydrogen-bond donors (Lipinski definition) is 3. The Morgan fingerprint density at radius 2 is 1.96 bits per heavy atom. The zero-order valence-electron chi connectivity index (χ0n) is 14.1. The van der Waals surface area contributed by atoms with E-state index < -0.39 is 22.2 Å². The van der Waals surface area contributed by atoms with E-state index in [2.05, 4.69) is 16.0 Å². The van der Waals surface area contributed by atoms with Crippen molar-refractivity contribution in [3.63, 3.8) is 0 Å². The predicted octanol–water partition coefficient (Wildman–Crippen LogP) is 0.427. The van der Waals surface area contributed by atoms with Crippen molar-refractivity contribution in [2.24, 2.45) is 0 Å². The molecule has 0 bridgehead atoms. The van der Waals surface area contributed by atoms with Gasteiger partial charge in [-0.05, 0) is 18.2 Å². The van der Waals surface area contributed by atoms with Crippen LogP contribution in [0.4, 0.5) is 16.2 Å². The number of anilines is 2. The van der Waals surface area contributed by atoms with Gasteiger partial charge in [-0.15, -0.1) is 0 Å². The van der Waals surface area contributed by atoms with Gasteiger partial charge in [-0.2, -0.15) is 4.31 Å². The van der Waals surface area contributed by atoms with Crippen LogP contribution in [0.15, 0.2) is 24.3 Å². The molecule has 1 aliphatic heterocycles. The summed E-state index contributed by atoms with van der Waals surface area (Å²) in [7, 11) is -3.27. The molecule has 0 spiro atoms. The number of morpholine rings is 1. The third-order valence-electron chi connectivity index (χ3n) is 3.50. The number of urea groups is 1. The van der Waals surface area contributed by atoms with E-state index >= 15 is 0 Å². The van der Waals surface area contributed by atoms with Gasteiger partial charge >= 0.3 is 6.03 Å². The van der Waals surface area contributed by atoms with E-state index in [0.717, 1.165) is 6.26 Å². The zero-order valence-corrected chi connectivity index (χ0v) is 14.9. The lowest BCUT2D eigenvalue weighted by atomic mass is 10.2. The minimum absolute atomic E-state index is 0.184. The molecule has 0 aliphatic carbocycles. The number of rotatable bonds is 5. The Labute approximate surface area is 146 Å². The fourth-order valence-corrected chi connectivity index (χ4v) is 3.22. The fraction of sp³-hybridized carbons (Fsp3) is 0.467. The molecule has 1 aliphatic rings. The zero-order chi connectivity index (χ0) is 18.4. The highest BCUT2D eigenvalue weighted by Gasteiger charge is 2.26. The summed E-state index contributed by atoms with van der Waals surface area (Å²) in [6, 6.07) is 6.28. The van der Waals surface area contributed by atoms with Crippen LogP contribution in [-0.4, -0.2) is 63.3 Å². The molecule has 2 rings (SSSR count). The van der Waals surface area contributed by atoms with Gasteiger partial charge in [0.15, 0.2) is 0 Å². The molecule has 1 aromatic carbocycles. The maximum absolute atomic E-state index is 12.0. The average molecular weight is 370 g/mol. The van der Waals surface area contributed by atoms with Gasteiger partial charge in [-0.1, -0.05) is 6.07 Å². The van der Waals surface area contributed by atoms with Gasteiger partial charge in [0.1, 0.15) is 0 Å². The molecule has 1 heterocycles. The number of ether oxygens (including phenoxy) is 1. The fourth-order valence-electron chi connectivity index (χ4n) is 2.38. The number of nitrogens with one attached hydrogen (secondary N) is 3. The largest absolute Gasteiger partial charge is 0.374 e. The molecule has 10 heteroatoms. The number of amides is 3. The van der Waals surface area contributed by atoms with Gasteiger partial charge in [-0.3, -0.25) is 4.79 Å². The molecular weight excluding hydrogens is 348 g/mol. The van der Waals surface area contributed by atoms with Crippen LogP contribution in [0.3, 0.4) is 0 Å². The molecule has 1 saturated heterocycles. The van der Waals surface area contributed by atoms with Crippen molar-refractivity contribution in [3.8, 4) is 0 Å². The number of carbonyl (C=O) groups excluding carboxylic acids is 2. The molecule has 1 fully saturated rings. The molecule has 0 unspecified atom stereocenters. The first-order valence-electron chi connectivity index (χ1n) is 7.73. The number of benzene rings is 1. The van der Waals surface area contributed by atoms with Gasteiger partial charge in [-0.25, -0.2) is 13.2 Å². The highest BCUT2D eigenvalue weighted by atomic mass is 32.2. The maximum Gasteiger partial charge on any atom is 0.319 e. The van der Waals surface area contributed by atoms with E-state index in [9.17, 15) is 18.0 Å². The number of nitrogens with zero attached hydrogens (tertiary/aromatic N) is 1. The van der Waals surface area contributed by atoms with Gasteiger partial charge in [0.05, 0.1) is 19.0 Å². The quantitative estimate of drug-likeness (QED) is 0.695. The molecule has 3 N–H and O–H groups in total. The second-order valence-electron chi connectivity index (χ2n) is 5.71. The number of carbonyl (C=O) groups is 2. The van der Waals surface area contributed by atoms with Crippen LogP contribution in [0.5, 0.6) is 0 Å². The van der Waals surface area contributed by atoms with Crippen molar-refractivity contribution >= 4 is 33.3 Å². The topological polar surface area (TPSA) is 117 Å². The molecule has 9 nitrogen and oxygen atoms in total. The van der Waals surface area contributed by atoms with E-state index in [1.165, 1.54) is 11.2 Å². The van der Waals surface area contributed by atoms with E-state index in [1.807, 2.05) is 0 Å². The summed E-state index contributed by atoms with van der Waals surface area (Å²) in [4.78, 5) is 23.0. The highest BCUT2D eigenvalue weighted by Crippen LogP contribution is 2.15.